The highest BCUT2D eigenvalue weighted by atomic mass is 32.1. The van der Waals surface area contributed by atoms with E-state index < -0.39 is 18.2 Å². The number of methoxy groups -OCH3 is 1. The van der Waals surface area contributed by atoms with Gasteiger partial charge in [0.2, 0.25) is 5.78 Å². The third kappa shape index (κ3) is 7.89. The molecule has 3 fully saturated rings. The van der Waals surface area contributed by atoms with E-state index >= 15 is 0 Å². The van der Waals surface area contributed by atoms with Crippen molar-refractivity contribution in [3.05, 3.63) is 82.6 Å². The third-order valence-corrected chi connectivity index (χ3v) is 8.33. The molecular formula is C30H31F3N2O6S. The fourth-order valence-electron chi connectivity index (χ4n) is 5.39. The topological polar surface area (TPSA) is 105 Å². The van der Waals surface area contributed by atoms with Crippen LogP contribution < -0.4 is 15.2 Å². The summed E-state index contributed by atoms with van der Waals surface area (Å²) in [6.45, 7) is 3.10. The number of hydrogen-bond acceptors (Lipinski definition) is 8. The summed E-state index contributed by atoms with van der Waals surface area (Å²) in [5, 5.41) is 16.1. The zero-order valence-electron chi connectivity index (χ0n) is 22.8. The minimum atomic E-state index is -5.19. The summed E-state index contributed by atoms with van der Waals surface area (Å²) in [6.07, 6.45) is -3.41. The molecule has 8 nitrogen and oxygen atoms in total. The summed E-state index contributed by atoms with van der Waals surface area (Å²) in [5.41, 5.74) is 2.47. The van der Waals surface area contributed by atoms with Crippen molar-refractivity contribution in [1.82, 2.24) is 0 Å². The van der Waals surface area contributed by atoms with Crippen LogP contribution in [0.3, 0.4) is 0 Å². The van der Waals surface area contributed by atoms with E-state index in [9.17, 15) is 22.8 Å². The number of hydrogen-bond donors (Lipinski definition) is 1. The number of quaternary nitrogens is 1. The first kappa shape index (κ1) is 31.0. The Balaban J connectivity index is 0.000000517. The van der Waals surface area contributed by atoms with Gasteiger partial charge in [-0.2, -0.15) is 24.5 Å². The lowest BCUT2D eigenvalue weighted by Crippen LogP contribution is -2.65. The molecule has 2 atom stereocenters. The zero-order valence-corrected chi connectivity index (χ0v) is 23.7. The summed E-state index contributed by atoms with van der Waals surface area (Å²) in [5.74, 6) is -2.00. The van der Waals surface area contributed by atoms with Crippen LogP contribution in [0.5, 0.6) is 5.75 Å². The second-order valence-electron chi connectivity index (χ2n) is 10.4. The van der Waals surface area contributed by atoms with Crippen LogP contribution in [0.25, 0.3) is 0 Å². The van der Waals surface area contributed by atoms with Gasteiger partial charge >= 0.3 is 12.1 Å². The van der Waals surface area contributed by atoms with Gasteiger partial charge in [-0.1, -0.05) is 30.3 Å². The molecule has 0 saturated carbocycles. The van der Waals surface area contributed by atoms with Crippen LogP contribution in [0.1, 0.15) is 34.8 Å². The van der Waals surface area contributed by atoms with E-state index in [1.807, 2.05) is 71.4 Å². The molecule has 0 spiro atoms. The quantitative estimate of drug-likeness (QED) is 0.221. The second kappa shape index (κ2) is 13.4. The first-order valence-corrected chi connectivity index (χ1v) is 14.3. The van der Waals surface area contributed by atoms with Gasteiger partial charge in [-0.25, -0.2) is 4.79 Å². The second-order valence-corrected chi connectivity index (χ2v) is 11.2. The van der Waals surface area contributed by atoms with Gasteiger partial charge in [0.25, 0.3) is 0 Å². The Hall–Kier alpha value is -3.90. The van der Waals surface area contributed by atoms with E-state index in [4.69, 9.17) is 19.4 Å². The van der Waals surface area contributed by atoms with E-state index in [2.05, 4.69) is 5.32 Å². The predicted molar refractivity (Wildman–Crippen MR) is 148 cm³/mol. The number of ether oxygens (including phenoxy) is 2. The van der Waals surface area contributed by atoms with E-state index in [-0.39, 0.29) is 17.9 Å². The molecule has 1 aromatic heterocycles. The maximum Gasteiger partial charge on any atom is 0.430 e. The number of carboxylic acid groups (broad SMARTS) is 1. The summed E-state index contributed by atoms with van der Waals surface area (Å²) >= 11 is 1.56. The van der Waals surface area contributed by atoms with Crippen molar-refractivity contribution < 1.29 is 46.6 Å². The predicted octanol–water partition coefficient (Wildman–Crippen LogP) is 4.24. The lowest BCUT2D eigenvalue weighted by Gasteiger charge is -2.51. The van der Waals surface area contributed by atoms with Crippen molar-refractivity contribution in [2.24, 2.45) is 5.92 Å². The van der Waals surface area contributed by atoms with Gasteiger partial charge in [0.05, 0.1) is 20.2 Å². The van der Waals surface area contributed by atoms with Gasteiger partial charge in [0.1, 0.15) is 24.8 Å². The number of rotatable bonds is 9. The van der Waals surface area contributed by atoms with Crippen LogP contribution in [-0.4, -0.2) is 67.8 Å². The van der Waals surface area contributed by atoms with Crippen LogP contribution in [0.4, 0.5) is 18.9 Å². The molecule has 0 radical (unpaired) electrons. The first-order valence-electron chi connectivity index (χ1n) is 13.3. The van der Waals surface area contributed by atoms with Crippen molar-refractivity contribution >= 4 is 34.7 Å². The monoisotopic (exact) mass is 604 g/mol. The molecule has 3 saturated heterocycles. The molecule has 0 amide bonds. The molecular weight excluding hydrogens is 573 g/mol. The Labute approximate surface area is 245 Å². The molecule has 2 bridgehead atoms. The van der Waals surface area contributed by atoms with Crippen LogP contribution in [0, 0.1) is 5.92 Å². The fourth-order valence-corrected chi connectivity index (χ4v) is 6.07. The number of ketones is 1. The zero-order chi connectivity index (χ0) is 30.3. The van der Waals surface area contributed by atoms with Gasteiger partial charge in [0, 0.05) is 30.0 Å². The van der Waals surface area contributed by atoms with Gasteiger partial charge in [0.15, 0.2) is 12.1 Å². The average molecular weight is 605 g/mol. The number of fused-ring (bicyclic) bond motifs is 3. The van der Waals surface area contributed by atoms with Crippen molar-refractivity contribution in [2.45, 2.75) is 31.2 Å². The number of aliphatic carboxylic acids is 1. The summed E-state index contributed by atoms with van der Waals surface area (Å²) in [7, 11) is 1.63. The molecule has 224 valence electrons. The molecule has 6 rings (SSSR count). The Kier molecular flexibility index (Phi) is 9.89. The van der Waals surface area contributed by atoms with E-state index in [1.54, 1.807) is 18.4 Å². The number of halogens is 3. The van der Waals surface area contributed by atoms with Gasteiger partial charge in [-0.05, 0) is 46.7 Å². The van der Waals surface area contributed by atoms with Gasteiger partial charge in [-0.3, -0.25) is 4.79 Å². The molecule has 3 aliphatic heterocycles. The first-order chi connectivity index (χ1) is 20.0. The molecule has 2 aromatic carbocycles. The standard InChI is InChI=1S/C28H31N2O4S.C2HF3O2/c1-33-24-9-7-23(8-10-24)29-27(22-13-16-35-19-22)28(32)34-26-18-30(14-11-21(26)12-15-30)17-25(31)20-5-3-2-4-6-20;3-2(4,5)1(6)7/h2-10,13,16,19,21,26-27,29H,11-12,14-15,17-18H2,1H3;(H,6,7)/q+1;/p-1/t21?,26-,27+,30?;/m0./s1. The van der Waals surface area contributed by atoms with E-state index in [0.717, 1.165) is 48.5 Å². The van der Waals surface area contributed by atoms with E-state index in [0.29, 0.717) is 23.5 Å². The minimum absolute atomic E-state index is 0.161. The van der Waals surface area contributed by atoms with E-state index in [1.165, 1.54) is 0 Å². The SMILES string of the molecule is COc1ccc(N[C@@H](C(=O)O[C@H]2C[N+]3(CC(=O)c4ccccc4)CCC2CC3)c2ccsc2)cc1.O=C([O-])C(F)(F)F. The Bertz CT molecular complexity index is 1340. The summed E-state index contributed by atoms with van der Waals surface area (Å²) in [4.78, 5) is 35.3. The third-order valence-electron chi connectivity index (χ3n) is 7.63. The number of nitrogens with zero attached hydrogens (tertiary/aromatic N) is 1. The van der Waals surface area contributed by atoms with Crippen molar-refractivity contribution in [3.8, 4) is 5.75 Å². The lowest BCUT2D eigenvalue weighted by atomic mass is 9.82. The van der Waals surface area contributed by atoms with Crippen LogP contribution in [-0.2, 0) is 14.3 Å². The molecule has 0 aliphatic carbocycles. The maximum atomic E-state index is 13.5. The number of thiophene rings is 1. The number of nitrogens with one attached hydrogen (secondary N) is 1. The Morgan fingerprint density at radius 2 is 1.69 bits per heavy atom. The molecule has 1 N–H and O–H groups in total. The normalized spacial score (nSPS) is 21.8. The average Bonchev–Trinajstić information content (AvgIpc) is 3.51. The molecule has 12 heteroatoms. The van der Waals surface area contributed by atoms with Crippen LogP contribution in [0.15, 0.2) is 71.4 Å². The van der Waals surface area contributed by atoms with Gasteiger partial charge < -0.3 is 29.2 Å². The smallest absolute Gasteiger partial charge is 0.430 e. The number of carboxylic acids is 1. The Morgan fingerprint density at radius 3 is 2.24 bits per heavy atom. The molecule has 42 heavy (non-hydrogen) atoms. The number of piperidine rings is 3. The number of carbonyl (C=O) groups is 3. The summed E-state index contributed by atoms with van der Waals surface area (Å²) in [6, 6.07) is 18.4. The number of Topliss-reactive ketones (excluding diaryl/α,β-unsaturated/α-hetero) is 1. The van der Waals surface area contributed by atoms with Crippen molar-refractivity contribution in [1.29, 1.82) is 0 Å². The van der Waals surface area contributed by atoms with Crippen molar-refractivity contribution in [2.75, 3.05) is 38.6 Å². The molecule has 3 aromatic rings. The van der Waals surface area contributed by atoms with Gasteiger partial charge in [-0.15, -0.1) is 0 Å². The summed E-state index contributed by atoms with van der Waals surface area (Å²) < 4.78 is 43.7. The highest BCUT2D eigenvalue weighted by Gasteiger charge is 2.49. The van der Waals surface area contributed by atoms with Crippen molar-refractivity contribution in [3.63, 3.8) is 0 Å². The minimum Gasteiger partial charge on any atom is -0.542 e. The maximum absolute atomic E-state index is 13.5. The lowest BCUT2D eigenvalue weighted by molar-refractivity contribution is -0.938. The van der Waals surface area contributed by atoms with Crippen LogP contribution >= 0.6 is 11.3 Å². The number of carbonyl (C=O) groups excluding carboxylic acids is 3. The molecule has 4 heterocycles. The number of benzene rings is 2. The highest BCUT2D eigenvalue weighted by molar-refractivity contribution is 7.08. The largest absolute Gasteiger partial charge is 0.542 e. The number of esters is 1. The Morgan fingerprint density at radius 1 is 1.05 bits per heavy atom. The molecule has 0 unspecified atom stereocenters. The number of alkyl halides is 3. The van der Waals surface area contributed by atoms with Crippen LogP contribution in [0.2, 0.25) is 0 Å². The highest BCUT2D eigenvalue weighted by Crippen LogP contribution is 2.37. The molecule has 3 aliphatic rings. The number of anilines is 1. The fraction of sp³-hybridized carbons (Fsp3) is 0.367.